The lowest BCUT2D eigenvalue weighted by Gasteiger charge is -2.36. The smallest absolute Gasteiger partial charge is 0.254 e. The number of hydrogen-bond donors (Lipinski definition) is 0. The molecule has 4 nitrogen and oxygen atoms in total. The zero-order chi connectivity index (χ0) is 22.1. The van der Waals surface area contributed by atoms with Crippen LogP contribution in [0.25, 0.3) is 22.2 Å². The maximum Gasteiger partial charge on any atom is 0.254 e. The van der Waals surface area contributed by atoms with Gasteiger partial charge in [0.1, 0.15) is 0 Å². The number of carbonyl (C=O) groups is 1. The zero-order valence-electron chi connectivity index (χ0n) is 17.3. The predicted molar refractivity (Wildman–Crippen MR) is 134 cm³/mol. The molecule has 0 saturated carbocycles. The molecule has 2 heterocycles. The Balaban J connectivity index is 1.43. The van der Waals surface area contributed by atoms with Gasteiger partial charge in [0.25, 0.3) is 5.91 Å². The van der Waals surface area contributed by atoms with Crippen molar-refractivity contribution in [1.29, 1.82) is 0 Å². The first-order valence-corrected chi connectivity index (χ1v) is 11.7. The summed E-state index contributed by atoms with van der Waals surface area (Å²) < 4.78 is 1.01. The minimum atomic E-state index is 0.0534. The van der Waals surface area contributed by atoms with Crippen LogP contribution in [-0.4, -0.2) is 42.0 Å². The Morgan fingerprint density at radius 2 is 1.56 bits per heavy atom. The number of rotatable bonds is 3. The molecule has 1 amide bonds. The van der Waals surface area contributed by atoms with Gasteiger partial charge in [-0.25, -0.2) is 4.98 Å². The Morgan fingerprint density at radius 3 is 2.28 bits per heavy atom. The number of fused-ring (bicyclic) bond motifs is 1. The van der Waals surface area contributed by atoms with Gasteiger partial charge in [-0.2, -0.15) is 0 Å². The maximum absolute atomic E-state index is 13.6. The Morgan fingerprint density at radius 1 is 0.875 bits per heavy atom. The van der Waals surface area contributed by atoms with Crippen LogP contribution in [0.5, 0.6) is 0 Å². The van der Waals surface area contributed by atoms with Gasteiger partial charge in [0, 0.05) is 52.3 Å². The molecule has 1 fully saturated rings. The highest BCUT2D eigenvalue weighted by atomic mass is 79.9. The highest BCUT2D eigenvalue weighted by Gasteiger charge is 2.24. The van der Waals surface area contributed by atoms with Crippen LogP contribution in [0.15, 0.2) is 83.3 Å². The number of amides is 1. The number of carbonyl (C=O) groups excluding carboxylic acids is 1. The fraction of sp³-hybridized carbons (Fsp3) is 0.154. The first kappa shape index (κ1) is 21.0. The van der Waals surface area contributed by atoms with Gasteiger partial charge in [0.2, 0.25) is 0 Å². The zero-order valence-corrected chi connectivity index (χ0v) is 19.7. The van der Waals surface area contributed by atoms with Gasteiger partial charge in [-0.3, -0.25) is 4.79 Å². The summed E-state index contributed by atoms with van der Waals surface area (Å²) in [5.41, 5.74) is 4.46. The highest BCUT2D eigenvalue weighted by Crippen LogP contribution is 2.27. The molecule has 32 heavy (non-hydrogen) atoms. The van der Waals surface area contributed by atoms with E-state index in [0.717, 1.165) is 50.4 Å². The van der Waals surface area contributed by atoms with Crippen LogP contribution in [0.3, 0.4) is 0 Å². The topological polar surface area (TPSA) is 36.4 Å². The molecular weight excluding hydrogens is 486 g/mol. The first-order valence-electron chi connectivity index (χ1n) is 10.5. The van der Waals surface area contributed by atoms with Gasteiger partial charge in [-0.05, 0) is 48.5 Å². The lowest BCUT2D eigenvalue weighted by atomic mass is 10.0. The van der Waals surface area contributed by atoms with Crippen molar-refractivity contribution in [2.75, 3.05) is 31.1 Å². The van der Waals surface area contributed by atoms with Crippen LogP contribution in [-0.2, 0) is 0 Å². The van der Waals surface area contributed by atoms with Crippen molar-refractivity contribution in [2.24, 2.45) is 0 Å². The number of piperazine rings is 1. The van der Waals surface area contributed by atoms with Crippen molar-refractivity contribution in [3.63, 3.8) is 0 Å². The molecule has 1 saturated heterocycles. The molecule has 3 aromatic carbocycles. The molecule has 0 spiro atoms. The average molecular weight is 507 g/mol. The first-order chi connectivity index (χ1) is 15.6. The summed E-state index contributed by atoms with van der Waals surface area (Å²) in [6.07, 6.45) is 0. The molecular formula is C26H21BrClN3O. The van der Waals surface area contributed by atoms with E-state index in [1.54, 1.807) is 0 Å². The van der Waals surface area contributed by atoms with Crippen molar-refractivity contribution in [1.82, 2.24) is 9.88 Å². The molecule has 1 aromatic heterocycles. The van der Waals surface area contributed by atoms with E-state index < -0.39 is 0 Å². The third-order valence-electron chi connectivity index (χ3n) is 5.85. The summed E-state index contributed by atoms with van der Waals surface area (Å²) in [7, 11) is 0. The molecule has 1 aliphatic heterocycles. The second-order valence-electron chi connectivity index (χ2n) is 7.83. The molecule has 0 atom stereocenters. The van der Waals surface area contributed by atoms with E-state index in [2.05, 4.69) is 20.8 Å². The van der Waals surface area contributed by atoms with Gasteiger partial charge < -0.3 is 9.80 Å². The maximum atomic E-state index is 13.6. The largest absolute Gasteiger partial charge is 0.368 e. The fourth-order valence-corrected chi connectivity index (χ4v) is 4.50. The Hall–Kier alpha value is -2.89. The minimum absolute atomic E-state index is 0.0534. The molecule has 0 bridgehead atoms. The number of halogens is 2. The van der Waals surface area contributed by atoms with Crippen molar-refractivity contribution >= 4 is 50.0 Å². The van der Waals surface area contributed by atoms with Crippen LogP contribution in [0.4, 0.5) is 5.69 Å². The molecule has 0 aliphatic carbocycles. The number of nitrogens with zero attached hydrogens (tertiary/aromatic N) is 3. The van der Waals surface area contributed by atoms with Gasteiger partial charge in [-0.15, -0.1) is 0 Å². The average Bonchev–Trinajstić information content (AvgIpc) is 2.84. The fourth-order valence-electron chi connectivity index (χ4n) is 4.11. The minimum Gasteiger partial charge on any atom is -0.368 e. The quantitative estimate of drug-likeness (QED) is 0.328. The number of benzene rings is 3. The van der Waals surface area contributed by atoms with E-state index >= 15 is 0 Å². The third kappa shape index (κ3) is 4.23. The van der Waals surface area contributed by atoms with E-state index in [4.69, 9.17) is 16.6 Å². The van der Waals surface area contributed by atoms with E-state index in [-0.39, 0.29) is 5.91 Å². The normalized spacial score (nSPS) is 14.1. The summed E-state index contributed by atoms with van der Waals surface area (Å²) in [6.45, 7) is 2.92. The molecule has 6 heteroatoms. The van der Waals surface area contributed by atoms with Gasteiger partial charge in [0.05, 0.1) is 16.8 Å². The second-order valence-corrected chi connectivity index (χ2v) is 9.19. The van der Waals surface area contributed by atoms with Crippen LogP contribution in [0.1, 0.15) is 10.4 Å². The summed E-state index contributed by atoms with van der Waals surface area (Å²) in [4.78, 5) is 22.6. The van der Waals surface area contributed by atoms with Gasteiger partial charge in [0.15, 0.2) is 0 Å². The van der Waals surface area contributed by atoms with Gasteiger partial charge in [-0.1, -0.05) is 57.9 Å². The molecule has 4 aromatic rings. The van der Waals surface area contributed by atoms with Crippen LogP contribution >= 0.6 is 27.5 Å². The Bertz CT molecular complexity index is 1270. The molecule has 0 N–H and O–H groups in total. The second kappa shape index (κ2) is 8.93. The highest BCUT2D eigenvalue weighted by molar-refractivity contribution is 9.10. The van der Waals surface area contributed by atoms with E-state index in [9.17, 15) is 4.79 Å². The summed E-state index contributed by atoms with van der Waals surface area (Å²) in [6, 6.07) is 25.7. The summed E-state index contributed by atoms with van der Waals surface area (Å²) in [5, 5.41) is 1.62. The molecule has 0 radical (unpaired) electrons. The molecule has 160 valence electrons. The van der Waals surface area contributed by atoms with E-state index in [1.807, 2.05) is 83.8 Å². The SMILES string of the molecule is O=C(c1cc(-c2ccc(Br)cc2)nc2ccccc12)N1CCN(c2ccc(Cl)cc2)CC1. The van der Waals surface area contributed by atoms with Crippen LogP contribution in [0.2, 0.25) is 5.02 Å². The number of para-hydroxylation sites is 1. The number of hydrogen-bond acceptors (Lipinski definition) is 3. The summed E-state index contributed by atoms with van der Waals surface area (Å²) >= 11 is 9.50. The van der Waals surface area contributed by atoms with Crippen molar-refractivity contribution in [2.45, 2.75) is 0 Å². The van der Waals surface area contributed by atoms with Gasteiger partial charge >= 0.3 is 0 Å². The van der Waals surface area contributed by atoms with Crippen molar-refractivity contribution in [3.8, 4) is 11.3 Å². The Labute approximate surface area is 200 Å². The van der Waals surface area contributed by atoms with Crippen LogP contribution < -0.4 is 4.90 Å². The standard InChI is InChI=1S/C26H21BrClN3O/c27-19-7-5-18(6-8-19)25-17-23(22-3-1-2-4-24(22)29-25)26(32)31-15-13-30(14-16-31)21-11-9-20(28)10-12-21/h1-12,17H,13-16H2. The molecule has 5 rings (SSSR count). The number of anilines is 1. The lowest BCUT2D eigenvalue weighted by molar-refractivity contribution is 0.0748. The van der Waals surface area contributed by atoms with E-state index in [1.165, 1.54) is 0 Å². The van der Waals surface area contributed by atoms with Crippen molar-refractivity contribution in [3.05, 3.63) is 93.9 Å². The van der Waals surface area contributed by atoms with Crippen LogP contribution in [0, 0.1) is 0 Å². The van der Waals surface area contributed by atoms with E-state index in [0.29, 0.717) is 18.7 Å². The monoisotopic (exact) mass is 505 g/mol. The third-order valence-corrected chi connectivity index (χ3v) is 6.63. The number of aromatic nitrogens is 1. The molecule has 1 aliphatic rings. The Kier molecular flexibility index (Phi) is 5.85. The molecule has 0 unspecified atom stereocenters. The predicted octanol–water partition coefficient (Wildman–Crippen LogP) is 6.28. The number of pyridine rings is 1. The van der Waals surface area contributed by atoms with Crippen molar-refractivity contribution < 1.29 is 4.79 Å². The summed E-state index contributed by atoms with van der Waals surface area (Å²) in [5.74, 6) is 0.0534. The lowest BCUT2D eigenvalue weighted by Crippen LogP contribution is -2.48.